The Morgan fingerprint density at radius 1 is 0.833 bits per heavy atom. The van der Waals surface area contributed by atoms with Gasteiger partial charge >= 0.3 is 5.97 Å². The summed E-state index contributed by atoms with van der Waals surface area (Å²) in [6.45, 7) is 1.56. The van der Waals surface area contributed by atoms with Crippen LogP contribution < -0.4 is 4.90 Å². The smallest absolute Gasteiger partial charge is 0.338 e. The molecule has 3 unspecified atom stereocenters. The van der Waals surface area contributed by atoms with Crippen LogP contribution >= 0.6 is 0 Å². The third kappa shape index (κ3) is 4.38. The van der Waals surface area contributed by atoms with Crippen LogP contribution in [-0.2, 0) is 14.3 Å². The molecule has 0 bridgehead atoms. The van der Waals surface area contributed by atoms with Crippen molar-refractivity contribution in [3.63, 3.8) is 0 Å². The molecule has 36 heavy (non-hydrogen) atoms. The van der Waals surface area contributed by atoms with Crippen LogP contribution in [0.15, 0.2) is 91.0 Å². The van der Waals surface area contributed by atoms with Crippen LogP contribution in [0.3, 0.4) is 0 Å². The highest BCUT2D eigenvalue weighted by molar-refractivity contribution is 6.22. The van der Waals surface area contributed by atoms with Gasteiger partial charge in [0.05, 0.1) is 23.1 Å². The molecule has 1 aliphatic carbocycles. The Kier molecular flexibility index (Phi) is 6.34. The Labute approximate surface area is 209 Å². The van der Waals surface area contributed by atoms with Gasteiger partial charge in [-0.3, -0.25) is 19.3 Å². The largest absolute Gasteiger partial charge is 0.454 e. The van der Waals surface area contributed by atoms with E-state index in [1.807, 2.05) is 61.5 Å². The summed E-state index contributed by atoms with van der Waals surface area (Å²) in [6, 6.07) is 23.1. The first-order valence-electron chi connectivity index (χ1n) is 11.9. The van der Waals surface area contributed by atoms with Crippen molar-refractivity contribution in [1.82, 2.24) is 0 Å². The van der Waals surface area contributed by atoms with Crippen molar-refractivity contribution in [2.24, 2.45) is 17.8 Å². The monoisotopic (exact) mass is 479 g/mol. The first kappa shape index (κ1) is 23.4. The van der Waals surface area contributed by atoms with Gasteiger partial charge in [-0.1, -0.05) is 73.7 Å². The molecule has 1 aliphatic heterocycles. The fraction of sp³-hybridized carbons (Fsp3) is 0.200. The number of imide groups is 1. The minimum absolute atomic E-state index is 0.00605. The molecular formula is C30H25NO5. The van der Waals surface area contributed by atoms with E-state index in [4.69, 9.17) is 4.74 Å². The van der Waals surface area contributed by atoms with E-state index >= 15 is 0 Å². The van der Waals surface area contributed by atoms with Crippen molar-refractivity contribution in [2.45, 2.75) is 13.3 Å². The van der Waals surface area contributed by atoms with E-state index < -0.39 is 5.97 Å². The minimum Gasteiger partial charge on any atom is -0.454 e. The zero-order valence-corrected chi connectivity index (χ0v) is 19.8. The summed E-state index contributed by atoms with van der Waals surface area (Å²) in [4.78, 5) is 52.0. The molecule has 1 heterocycles. The van der Waals surface area contributed by atoms with Gasteiger partial charge in [-0.25, -0.2) is 4.79 Å². The number of carbonyl (C=O) groups is 4. The van der Waals surface area contributed by atoms with Crippen LogP contribution in [0, 0.1) is 17.8 Å². The molecule has 0 spiro atoms. The van der Waals surface area contributed by atoms with Gasteiger partial charge in [0.2, 0.25) is 11.8 Å². The minimum atomic E-state index is -0.652. The second kappa shape index (κ2) is 9.74. The number of rotatable bonds is 6. The van der Waals surface area contributed by atoms with Gasteiger partial charge in [-0.05, 0) is 47.7 Å². The molecular weight excluding hydrogens is 454 g/mol. The number of ether oxygens (including phenoxy) is 1. The zero-order valence-electron chi connectivity index (χ0n) is 19.8. The third-order valence-corrected chi connectivity index (χ3v) is 6.88. The fourth-order valence-electron chi connectivity index (χ4n) is 4.93. The summed E-state index contributed by atoms with van der Waals surface area (Å²) in [6.07, 6.45) is 4.50. The molecule has 3 aromatic carbocycles. The van der Waals surface area contributed by atoms with E-state index in [2.05, 4.69) is 0 Å². The van der Waals surface area contributed by atoms with Crippen molar-refractivity contribution in [2.75, 3.05) is 11.5 Å². The average Bonchev–Trinajstić information content (AvgIpc) is 3.18. The number of benzene rings is 3. The van der Waals surface area contributed by atoms with Gasteiger partial charge in [0.25, 0.3) is 0 Å². The molecule has 2 aliphatic rings. The summed E-state index contributed by atoms with van der Waals surface area (Å²) in [7, 11) is 0. The first-order valence-corrected chi connectivity index (χ1v) is 11.9. The van der Waals surface area contributed by atoms with E-state index in [0.717, 1.165) is 11.1 Å². The van der Waals surface area contributed by atoms with Gasteiger partial charge in [-0.15, -0.1) is 0 Å². The lowest BCUT2D eigenvalue weighted by Crippen LogP contribution is -2.31. The van der Waals surface area contributed by atoms with Crippen molar-refractivity contribution < 1.29 is 23.9 Å². The molecule has 1 fully saturated rings. The summed E-state index contributed by atoms with van der Waals surface area (Å²) in [5.41, 5.74) is 3.15. The van der Waals surface area contributed by atoms with E-state index in [1.54, 1.807) is 24.3 Å². The quantitative estimate of drug-likeness (QED) is 0.213. The number of Topliss-reactive ketones (excluding diaryl/α,β-unsaturated/α-hetero) is 1. The summed E-state index contributed by atoms with van der Waals surface area (Å²) in [5, 5.41) is 0. The third-order valence-electron chi connectivity index (χ3n) is 6.88. The number of ketones is 1. The van der Waals surface area contributed by atoms with Gasteiger partial charge in [0.1, 0.15) is 0 Å². The summed E-state index contributed by atoms with van der Waals surface area (Å²) < 4.78 is 5.21. The molecule has 0 saturated carbocycles. The highest BCUT2D eigenvalue weighted by atomic mass is 16.5. The highest BCUT2D eigenvalue weighted by Crippen LogP contribution is 2.40. The van der Waals surface area contributed by atoms with Crippen molar-refractivity contribution in [1.29, 1.82) is 0 Å². The van der Waals surface area contributed by atoms with Crippen LogP contribution in [-0.4, -0.2) is 30.2 Å². The number of amides is 2. The van der Waals surface area contributed by atoms with Gasteiger partial charge in [-0.2, -0.15) is 0 Å². The van der Waals surface area contributed by atoms with E-state index in [1.165, 1.54) is 17.0 Å². The van der Waals surface area contributed by atoms with Crippen molar-refractivity contribution in [3.8, 4) is 11.1 Å². The predicted molar refractivity (Wildman–Crippen MR) is 135 cm³/mol. The molecule has 180 valence electrons. The molecule has 6 nitrogen and oxygen atoms in total. The molecule has 0 radical (unpaired) electrons. The summed E-state index contributed by atoms with van der Waals surface area (Å²) in [5.74, 6) is -2.05. The SMILES string of the molecule is CC1C=CCC2C(=O)N(c3ccc(C(=O)OCC(=O)c4ccc(-c5ccccc5)cc4)cc3)C(=O)C12. The molecule has 3 atom stereocenters. The Balaban J connectivity index is 1.20. The number of carbonyl (C=O) groups excluding carboxylic acids is 4. The van der Waals surface area contributed by atoms with Crippen LogP contribution in [0.5, 0.6) is 0 Å². The van der Waals surface area contributed by atoms with Crippen LogP contribution in [0.25, 0.3) is 11.1 Å². The maximum absolute atomic E-state index is 12.9. The highest BCUT2D eigenvalue weighted by Gasteiger charge is 2.50. The number of nitrogens with zero attached hydrogens (tertiary/aromatic N) is 1. The van der Waals surface area contributed by atoms with Gasteiger partial charge in [0.15, 0.2) is 12.4 Å². The number of esters is 1. The lowest BCUT2D eigenvalue weighted by molar-refractivity contribution is -0.122. The van der Waals surface area contributed by atoms with Crippen LogP contribution in [0.2, 0.25) is 0 Å². The van der Waals surface area contributed by atoms with E-state index in [-0.39, 0.29) is 47.5 Å². The van der Waals surface area contributed by atoms with Crippen molar-refractivity contribution >= 4 is 29.3 Å². The lowest BCUT2D eigenvalue weighted by atomic mass is 9.78. The van der Waals surface area contributed by atoms with Crippen LogP contribution in [0.1, 0.15) is 34.1 Å². The van der Waals surface area contributed by atoms with Crippen molar-refractivity contribution in [3.05, 3.63) is 102 Å². The van der Waals surface area contributed by atoms with Crippen LogP contribution in [0.4, 0.5) is 5.69 Å². The lowest BCUT2D eigenvalue weighted by Gasteiger charge is -2.22. The van der Waals surface area contributed by atoms with Gasteiger partial charge < -0.3 is 4.74 Å². The molecule has 5 rings (SSSR count). The molecule has 3 aromatic rings. The fourth-order valence-corrected chi connectivity index (χ4v) is 4.93. The second-order valence-electron chi connectivity index (χ2n) is 9.16. The van der Waals surface area contributed by atoms with E-state index in [9.17, 15) is 19.2 Å². The number of anilines is 1. The molecule has 2 amide bonds. The Morgan fingerprint density at radius 3 is 2.14 bits per heavy atom. The molecule has 6 heteroatoms. The number of hydrogen-bond donors (Lipinski definition) is 0. The maximum atomic E-state index is 12.9. The number of fused-ring (bicyclic) bond motifs is 1. The zero-order chi connectivity index (χ0) is 25.2. The first-order chi connectivity index (χ1) is 17.4. The van der Waals surface area contributed by atoms with Gasteiger partial charge in [0, 0.05) is 5.56 Å². The Bertz CT molecular complexity index is 1340. The topological polar surface area (TPSA) is 80.8 Å². The molecule has 0 aromatic heterocycles. The standard InChI is InChI=1S/C30H25NO5/c1-19-6-5-9-25-27(19)29(34)31(28(25)33)24-16-14-23(15-17-24)30(35)36-18-26(32)22-12-10-21(11-13-22)20-7-3-2-4-8-20/h2-8,10-17,19,25,27H,9,18H2,1H3. The summed E-state index contributed by atoms with van der Waals surface area (Å²) >= 11 is 0. The van der Waals surface area contributed by atoms with E-state index in [0.29, 0.717) is 17.7 Å². The number of allylic oxidation sites excluding steroid dienone is 2. The molecule has 0 N–H and O–H groups in total. The normalized spacial score (nSPS) is 20.8. The Morgan fingerprint density at radius 2 is 1.47 bits per heavy atom. The second-order valence-corrected chi connectivity index (χ2v) is 9.16. The number of hydrogen-bond acceptors (Lipinski definition) is 5. The average molecular weight is 480 g/mol. The Hall–Kier alpha value is -4.32. The molecule has 1 saturated heterocycles. The maximum Gasteiger partial charge on any atom is 0.338 e. The predicted octanol–water partition coefficient (Wildman–Crippen LogP) is 5.09.